The van der Waals surface area contributed by atoms with Crippen LogP contribution in [0.4, 0.5) is 4.39 Å². The minimum atomic E-state index is -1.21. The largest absolute Gasteiger partial charge is 0.508 e. The summed E-state index contributed by atoms with van der Waals surface area (Å²) >= 11 is 0. The number of hydrogen-bond donors (Lipinski definition) is 1. The number of benzene rings is 1. The molecule has 1 aromatic carbocycles. The topological polar surface area (TPSA) is 29.5 Å². The summed E-state index contributed by atoms with van der Waals surface area (Å²) in [5, 5.41) is 9.06. The first-order valence-electron chi connectivity index (χ1n) is 4.73. The van der Waals surface area contributed by atoms with Gasteiger partial charge in [-0.15, -0.1) is 0 Å². The number of rotatable bonds is 2. The van der Waals surface area contributed by atoms with Crippen molar-refractivity contribution >= 4 is 0 Å². The van der Waals surface area contributed by atoms with E-state index in [1.165, 1.54) is 0 Å². The van der Waals surface area contributed by atoms with Crippen molar-refractivity contribution in [3.8, 4) is 5.75 Å². The number of halogens is 1. The van der Waals surface area contributed by atoms with E-state index in [1.54, 1.807) is 24.3 Å². The van der Waals surface area contributed by atoms with Crippen LogP contribution in [0.1, 0.15) is 12.0 Å². The number of hydrogen-bond acceptors (Lipinski definition) is 2. The standard InChI is InChI=1S/C11H13FO2/c12-11(5-6-14-8-11)7-9-1-3-10(13)4-2-9/h1-4,13H,5-8H2. The van der Waals surface area contributed by atoms with Crippen molar-refractivity contribution in [2.45, 2.75) is 18.5 Å². The smallest absolute Gasteiger partial charge is 0.140 e. The van der Waals surface area contributed by atoms with E-state index in [9.17, 15) is 4.39 Å². The molecular formula is C11H13FO2. The maximum absolute atomic E-state index is 13.9. The van der Waals surface area contributed by atoms with E-state index in [2.05, 4.69) is 0 Å². The van der Waals surface area contributed by atoms with Crippen molar-refractivity contribution in [1.29, 1.82) is 0 Å². The third-order valence-electron chi connectivity index (χ3n) is 2.51. The summed E-state index contributed by atoms with van der Waals surface area (Å²) < 4.78 is 18.9. The molecule has 0 saturated carbocycles. The van der Waals surface area contributed by atoms with E-state index in [4.69, 9.17) is 9.84 Å². The molecule has 1 saturated heterocycles. The maximum atomic E-state index is 13.9. The Labute approximate surface area is 82.3 Å². The molecule has 0 aromatic heterocycles. The lowest BCUT2D eigenvalue weighted by atomic mass is 9.96. The Morgan fingerprint density at radius 2 is 2.07 bits per heavy atom. The van der Waals surface area contributed by atoms with E-state index in [0.29, 0.717) is 19.4 Å². The zero-order valence-electron chi connectivity index (χ0n) is 7.87. The summed E-state index contributed by atoms with van der Waals surface area (Å²) in [7, 11) is 0. The molecule has 0 amide bonds. The molecule has 1 aliphatic rings. The lowest BCUT2D eigenvalue weighted by Crippen LogP contribution is -2.25. The van der Waals surface area contributed by atoms with Crippen LogP contribution < -0.4 is 0 Å². The van der Waals surface area contributed by atoms with Crippen LogP contribution in [-0.4, -0.2) is 24.0 Å². The van der Waals surface area contributed by atoms with Crippen LogP contribution in [0.5, 0.6) is 5.75 Å². The highest BCUT2D eigenvalue weighted by Gasteiger charge is 2.34. The van der Waals surface area contributed by atoms with Crippen molar-refractivity contribution in [2.75, 3.05) is 13.2 Å². The zero-order valence-corrected chi connectivity index (χ0v) is 7.87. The molecule has 3 heteroatoms. The summed E-state index contributed by atoms with van der Waals surface area (Å²) in [5.41, 5.74) is -0.312. The summed E-state index contributed by atoms with van der Waals surface area (Å²) in [6.07, 6.45) is 0.834. The van der Waals surface area contributed by atoms with E-state index < -0.39 is 5.67 Å². The van der Waals surface area contributed by atoms with E-state index in [-0.39, 0.29) is 12.4 Å². The minimum absolute atomic E-state index is 0.188. The second-order valence-electron chi connectivity index (χ2n) is 3.80. The Morgan fingerprint density at radius 3 is 2.64 bits per heavy atom. The SMILES string of the molecule is Oc1ccc(CC2(F)CCOC2)cc1. The van der Waals surface area contributed by atoms with Crippen LogP contribution in [0.3, 0.4) is 0 Å². The fraction of sp³-hybridized carbons (Fsp3) is 0.455. The zero-order chi connectivity index (χ0) is 10.0. The van der Waals surface area contributed by atoms with Crippen LogP contribution in [0, 0.1) is 0 Å². The first-order chi connectivity index (χ1) is 6.68. The molecule has 0 spiro atoms. The fourth-order valence-corrected chi connectivity index (χ4v) is 1.70. The number of phenolic OH excluding ortho intramolecular Hbond substituents is 1. The van der Waals surface area contributed by atoms with Crippen LogP contribution in [0.2, 0.25) is 0 Å². The second-order valence-corrected chi connectivity index (χ2v) is 3.80. The molecule has 1 heterocycles. The second kappa shape index (κ2) is 3.58. The summed E-state index contributed by atoms with van der Waals surface area (Å²) in [4.78, 5) is 0. The molecule has 0 radical (unpaired) electrons. The average Bonchev–Trinajstić information content (AvgIpc) is 2.57. The molecule has 0 aliphatic carbocycles. The predicted molar refractivity (Wildman–Crippen MR) is 51.1 cm³/mol. The first-order valence-corrected chi connectivity index (χ1v) is 4.73. The van der Waals surface area contributed by atoms with Crippen molar-refractivity contribution in [1.82, 2.24) is 0 Å². The molecule has 0 bridgehead atoms. The molecule has 1 aliphatic heterocycles. The molecule has 1 atom stereocenters. The van der Waals surface area contributed by atoms with Gasteiger partial charge in [0.2, 0.25) is 0 Å². The van der Waals surface area contributed by atoms with Gasteiger partial charge < -0.3 is 9.84 Å². The Kier molecular flexibility index (Phi) is 2.42. The number of phenols is 1. The normalized spacial score (nSPS) is 26.6. The third kappa shape index (κ3) is 2.04. The van der Waals surface area contributed by atoms with Gasteiger partial charge in [-0.2, -0.15) is 0 Å². The van der Waals surface area contributed by atoms with Gasteiger partial charge in [0.25, 0.3) is 0 Å². The predicted octanol–water partition coefficient (Wildman–Crippen LogP) is 2.06. The Hall–Kier alpha value is -1.09. The molecule has 2 rings (SSSR count). The molecule has 1 fully saturated rings. The molecule has 1 aromatic rings. The highest BCUT2D eigenvalue weighted by Crippen LogP contribution is 2.28. The quantitative estimate of drug-likeness (QED) is 0.784. The molecular weight excluding hydrogens is 183 g/mol. The first kappa shape index (κ1) is 9.46. The van der Waals surface area contributed by atoms with Gasteiger partial charge in [0.1, 0.15) is 11.4 Å². The van der Waals surface area contributed by atoms with Gasteiger partial charge in [-0.05, 0) is 17.7 Å². The minimum Gasteiger partial charge on any atom is -0.508 e. The van der Waals surface area contributed by atoms with Crippen molar-refractivity contribution < 1.29 is 14.2 Å². The molecule has 2 nitrogen and oxygen atoms in total. The monoisotopic (exact) mass is 196 g/mol. The van der Waals surface area contributed by atoms with Crippen LogP contribution >= 0.6 is 0 Å². The average molecular weight is 196 g/mol. The van der Waals surface area contributed by atoms with Crippen LogP contribution in [0.25, 0.3) is 0 Å². The molecule has 76 valence electrons. The van der Waals surface area contributed by atoms with E-state index in [1.807, 2.05) is 0 Å². The highest BCUT2D eigenvalue weighted by molar-refractivity contribution is 5.27. The van der Waals surface area contributed by atoms with Gasteiger partial charge in [-0.1, -0.05) is 12.1 Å². The molecule has 1 N–H and O–H groups in total. The fourth-order valence-electron chi connectivity index (χ4n) is 1.70. The van der Waals surface area contributed by atoms with Crippen molar-refractivity contribution in [2.24, 2.45) is 0 Å². The van der Waals surface area contributed by atoms with Crippen LogP contribution in [-0.2, 0) is 11.2 Å². The Balaban J connectivity index is 2.06. The van der Waals surface area contributed by atoms with Crippen molar-refractivity contribution in [3.63, 3.8) is 0 Å². The lowest BCUT2D eigenvalue weighted by Gasteiger charge is -2.16. The van der Waals surface area contributed by atoms with Crippen LogP contribution in [0.15, 0.2) is 24.3 Å². The number of alkyl halides is 1. The van der Waals surface area contributed by atoms with Gasteiger partial charge in [-0.3, -0.25) is 0 Å². The maximum Gasteiger partial charge on any atom is 0.140 e. The Bertz CT molecular complexity index is 302. The third-order valence-corrected chi connectivity index (χ3v) is 2.51. The van der Waals surface area contributed by atoms with Gasteiger partial charge >= 0.3 is 0 Å². The van der Waals surface area contributed by atoms with Gasteiger partial charge in [0, 0.05) is 19.4 Å². The molecule has 14 heavy (non-hydrogen) atoms. The van der Waals surface area contributed by atoms with Gasteiger partial charge in [0.05, 0.1) is 6.61 Å². The molecule has 1 unspecified atom stereocenters. The highest BCUT2D eigenvalue weighted by atomic mass is 19.1. The van der Waals surface area contributed by atoms with E-state index in [0.717, 1.165) is 5.56 Å². The Morgan fingerprint density at radius 1 is 1.36 bits per heavy atom. The lowest BCUT2D eigenvalue weighted by molar-refractivity contribution is 0.112. The van der Waals surface area contributed by atoms with Gasteiger partial charge in [0.15, 0.2) is 0 Å². The van der Waals surface area contributed by atoms with Gasteiger partial charge in [-0.25, -0.2) is 4.39 Å². The van der Waals surface area contributed by atoms with Crippen molar-refractivity contribution in [3.05, 3.63) is 29.8 Å². The summed E-state index contributed by atoms with van der Waals surface area (Å²) in [6, 6.07) is 6.65. The summed E-state index contributed by atoms with van der Waals surface area (Å²) in [5.74, 6) is 0.212. The number of ether oxygens (including phenoxy) is 1. The summed E-state index contributed by atoms with van der Waals surface area (Å²) in [6.45, 7) is 0.697. The van der Waals surface area contributed by atoms with E-state index >= 15 is 0 Å². The number of aromatic hydroxyl groups is 1.